The van der Waals surface area contributed by atoms with Crippen LogP contribution < -0.4 is 5.32 Å². The molecule has 0 aromatic heterocycles. The molecular formula is C8H15NO4S. The fourth-order valence-electron chi connectivity index (χ4n) is 0.767. The molecule has 0 atom stereocenters. The van der Waals surface area contributed by atoms with Crippen LogP contribution in [0.1, 0.15) is 12.8 Å². The quantitative estimate of drug-likeness (QED) is 0.484. The minimum atomic E-state index is -0.860. The average Bonchev–Trinajstić information content (AvgIpc) is 2.08. The predicted molar refractivity (Wildman–Crippen MR) is 54.7 cm³/mol. The van der Waals surface area contributed by atoms with E-state index in [2.05, 4.69) is 5.32 Å². The lowest BCUT2D eigenvalue weighted by Gasteiger charge is -2.01. The maximum atomic E-state index is 10.1. The van der Waals surface area contributed by atoms with E-state index in [0.29, 0.717) is 13.0 Å². The van der Waals surface area contributed by atoms with Gasteiger partial charge in [-0.15, -0.1) is 0 Å². The summed E-state index contributed by atoms with van der Waals surface area (Å²) in [6.07, 6.45) is 0.870. The molecule has 0 fully saturated rings. The van der Waals surface area contributed by atoms with E-state index < -0.39 is 11.9 Å². The molecule has 0 heterocycles. The van der Waals surface area contributed by atoms with Gasteiger partial charge in [0.1, 0.15) is 0 Å². The van der Waals surface area contributed by atoms with Gasteiger partial charge in [0.15, 0.2) is 0 Å². The summed E-state index contributed by atoms with van der Waals surface area (Å²) < 4.78 is 0. The van der Waals surface area contributed by atoms with Crippen LogP contribution in [-0.2, 0) is 9.59 Å². The van der Waals surface area contributed by atoms with E-state index in [1.54, 1.807) is 11.8 Å². The fourth-order valence-corrected chi connectivity index (χ4v) is 1.61. The highest BCUT2D eigenvalue weighted by atomic mass is 32.2. The normalized spacial score (nSPS) is 10.0. The highest BCUT2D eigenvalue weighted by Gasteiger charge is 1.97. The molecule has 0 unspecified atom stereocenters. The second kappa shape index (κ2) is 8.83. The van der Waals surface area contributed by atoms with Crippen LogP contribution in [0, 0.1) is 0 Å². The first kappa shape index (κ1) is 13.2. The fraction of sp³-hybridized carbons (Fsp3) is 0.750. The zero-order valence-electron chi connectivity index (χ0n) is 7.86. The van der Waals surface area contributed by atoms with E-state index in [4.69, 9.17) is 10.2 Å². The smallest absolute Gasteiger partial charge is 0.317 e. The van der Waals surface area contributed by atoms with Gasteiger partial charge in [-0.2, -0.15) is 11.8 Å². The largest absolute Gasteiger partial charge is 0.481 e. The minimum absolute atomic E-state index is 0.0182. The third-order valence-corrected chi connectivity index (χ3v) is 2.45. The van der Waals surface area contributed by atoms with Crippen molar-refractivity contribution in [3.05, 3.63) is 0 Å². The van der Waals surface area contributed by atoms with E-state index in [1.165, 1.54) is 0 Å². The van der Waals surface area contributed by atoms with Crippen molar-refractivity contribution < 1.29 is 19.8 Å². The Kier molecular flexibility index (Phi) is 8.36. The number of rotatable bonds is 9. The number of carboxylic acid groups (broad SMARTS) is 2. The average molecular weight is 221 g/mol. The summed E-state index contributed by atoms with van der Waals surface area (Å²) in [6.45, 7) is 0.625. The Labute approximate surface area is 86.9 Å². The van der Waals surface area contributed by atoms with Gasteiger partial charge < -0.3 is 15.5 Å². The third kappa shape index (κ3) is 11.2. The van der Waals surface area contributed by atoms with Crippen molar-refractivity contribution in [1.29, 1.82) is 0 Å². The van der Waals surface area contributed by atoms with Gasteiger partial charge >= 0.3 is 11.9 Å². The summed E-state index contributed by atoms with van der Waals surface area (Å²) in [6, 6.07) is 0. The molecule has 14 heavy (non-hydrogen) atoms. The maximum absolute atomic E-state index is 10.1. The molecule has 0 spiro atoms. The molecule has 0 aliphatic carbocycles. The van der Waals surface area contributed by atoms with Crippen molar-refractivity contribution in [3.63, 3.8) is 0 Å². The number of hydrogen-bond acceptors (Lipinski definition) is 4. The summed E-state index contributed by atoms with van der Waals surface area (Å²) in [5.74, 6) is -0.0102. The van der Waals surface area contributed by atoms with E-state index in [-0.39, 0.29) is 13.0 Å². The number of aliphatic carboxylic acids is 2. The first-order valence-electron chi connectivity index (χ1n) is 4.35. The van der Waals surface area contributed by atoms with Crippen molar-refractivity contribution in [3.8, 4) is 0 Å². The van der Waals surface area contributed by atoms with Gasteiger partial charge in [0, 0.05) is 18.7 Å². The van der Waals surface area contributed by atoms with Crippen LogP contribution in [0.5, 0.6) is 0 Å². The Bertz CT molecular complexity index is 166. The maximum Gasteiger partial charge on any atom is 0.317 e. The second-order valence-corrected chi connectivity index (χ2v) is 3.90. The first-order chi connectivity index (χ1) is 6.63. The SMILES string of the molecule is O=C(O)CCCSCCNCC(=O)O. The standard InChI is InChI=1S/C8H15NO4S/c10-7(11)2-1-4-14-5-3-9-6-8(12)13/h9H,1-6H2,(H,10,11)(H,12,13). The summed E-state index contributed by atoms with van der Waals surface area (Å²) in [5, 5.41) is 19.4. The van der Waals surface area contributed by atoms with Crippen molar-refractivity contribution >= 4 is 23.7 Å². The summed E-state index contributed by atoms with van der Waals surface area (Å²) in [7, 11) is 0. The Morgan fingerprint density at radius 1 is 1.14 bits per heavy atom. The zero-order valence-corrected chi connectivity index (χ0v) is 8.68. The van der Waals surface area contributed by atoms with E-state index in [0.717, 1.165) is 11.5 Å². The monoisotopic (exact) mass is 221 g/mol. The highest BCUT2D eigenvalue weighted by molar-refractivity contribution is 7.99. The van der Waals surface area contributed by atoms with Gasteiger partial charge in [0.05, 0.1) is 6.54 Å². The van der Waals surface area contributed by atoms with Gasteiger partial charge in [0.25, 0.3) is 0 Å². The van der Waals surface area contributed by atoms with Crippen LogP contribution in [0.2, 0.25) is 0 Å². The Balaban J connectivity index is 2.99. The Morgan fingerprint density at radius 3 is 2.43 bits per heavy atom. The number of carboxylic acids is 2. The topological polar surface area (TPSA) is 86.6 Å². The van der Waals surface area contributed by atoms with Crippen LogP contribution in [-0.4, -0.2) is 46.7 Å². The molecule has 0 rings (SSSR count). The number of carbonyl (C=O) groups is 2. The first-order valence-corrected chi connectivity index (χ1v) is 5.50. The summed E-state index contributed by atoms with van der Waals surface area (Å²) >= 11 is 1.63. The molecule has 0 aliphatic rings. The molecule has 82 valence electrons. The van der Waals surface area contributed by atoms with Crippen molar-refractivity contribution in [1.82, 2.24) is 5.32 Å². The van der Waals surface area contributed by atoms with Crippen LogP contribution in [0.3, 0.4) is 0 Å². The Hall–Kier alpha value is -0.750. The van der Waals surface area contributed by atoms with E-state index in [1.807, 2.05) is 0 Å². The van der Waals surface area contributed by atoms with Crippen molar-refractivity contribution in [2.24, 2.45) is 0 Å². The van der Waals surface area contributed by atoms with Crippen molar-refractivity contribution in [2.45, 2.75) is 12.8 Å². The molecule has 0 aromatic rings. The van der Waals surface area contributed by atoms with Crippen LogP contribution in [0.4, 0.5) is 0 Å². The molecule has 0 aliphatic heterocycles. The van der Waals surface area contributed by atoms with Gasteiger partial charge in [-0.1, -0.05) is 0 Å². The van der Waals surface area contributed by atoms with Gasteiger partial charge in [-0.3, -0.25) is 9.59 Å². The molecule has 0 radical (unpaired) electrons. The molecule has 0 amide bonds. The number of hydrogen-bond donors (Lipinski definition) is 3. The van der Waals surface area contributed by atoms with Gasteiger partial charge in [-0.05, 0) is 12.2 Å². The zero-order chi connectivity index (χ0) is 10.8. The summed E-state index contributed by atoms with van der Waals surface area (Å²) in [5.41, 5.74) is 0. The van der Waals surface area contributed by atoms with E-state index >= 15 is 0 Å². The minimum Gasteiger partial charge on any atom is -0.481 e. The molecule has 3 N–H and O–H groups in total. The summed E-state index contributed by atoms with van der Waals surface area (Å²) in [4.78, 5) is 20.2. The second-order valence-electron chi connectivity index (χ2n) is 2.68. The van der Waals surface area contributed by atoms with Gasteiger partial charge in [-0.25, -0.2) is 0 Å². The lowest BCUT2D eigenvalue weighted by atomic mass is 10.3. The van der Waals surface area contributed by atoms with E-state index in [9.17, 15) is 9.59 Å². The molecule has 5 nitrogen and oxygen atoms in total. The highest BCUT2D eigenvalue weighted by Crippen LogP contribution is 2.03. The molecule has 0 saturated carbocycles. The third-order valence-electron chi connectivity index (χ3n) is 1.38. The van der Waals surface area contributed by atoms with Crippen LogP contribution in [0.25, 0.3) is 0 Å². The van der Waals surface area contributed by atoms with Crippen LogP contribution in [0.15, 0.2) is 0 Å². The van der Waals surface area contributed by atoms with Crippen molar-refractivity contribution in [2.75, 3.05) is 24.6 Å². The van der Waals surface area contributed by atoms with Gasteiger partial charge in [0.2, 0.25) is 0 Å². The Morgan fingerprint density at radius 2 is 1.86 bits per heavy atom. The lowest BCUT2D eigenvalue weighted by molar-refractivity contribution is -0.137. The number of thioether (sulfide) groups is 1. The number of nitrogens with one attached hydrogen (secondary N) is 1. The molecule has 0 aromatic carbocycles. The van der Waals surface area contributed by atoms with Crippen LogP contribution >= 0.6 is 11.8 Å². The molecule has 0 bridgehead atoms. The molecule has 0 saturated heterocycles. The molecular weight excluding hydrogens is 206 g/mol. The lowest BCUT2D eigenvalue weighted by Crippen LogP contribution is -2.24. The molecule has 6 heteroatoms. The predicted octanol–water partition coefficient (Wildman–Crippen LogP) is 0.259.